The first-order chi connectivity index (χ1) is 11.4. The van der Waals surface area contributed by atoms with Gasteiger partial charge < -0.3 is 21.5 Å². The van der Waals surface area contributed by atoms with Crippen LogP contribution >= 0.6 is 0 Å². The number of primary amides is 1. The molecule has 1 amide bonds. The van der Waals surface area contributed by atoms with Crippen LogP contribution in [0.1, 0.15) is 61.7 Å². The van der Waals surface area contributed by atoms with E-state index in [0.29, 0.717) is 17.3 Å². The van der Waals surface area contributed by atoms with Crippen molar-refractivity contribution in [2.45, 2.75) is 68.0 Å². The van der Waals surface area contributed by atoms with Crippen molar-refractivity contribution in [2.24, 2.45) is 11.7 Å². The van der Waals surface area contributed by atoms with Gasteiger partial charge in [-0.05, 0) is 57.3 Å². The molecule has 7 nitrogen and oxygen atoms in total. The van der Waals surface area contributed by atoms with Crippen LogP contribution in [0.15, 0.2) is 6.20 Å². The van der Waals surface area contributed by atoms with Crippen molar-refractivity contribution in [3.05, 3.63) is 11.8 Å². The second-order valence-electron chi connectivity index (χ2n) is 8.51. The zero-order valence-corrected chi connectivity index (χ0v) is 13.6. The number of nitrogens with two attached hydrogens (primary N) is 1. The molecule has 5 saturated carbocycles. The summed E-state index contributed by atoms with van der Waals surface area (Å²) < 4.78 is 0. The number of amides is 1. The Morgan fingerprint density at radius 2 is 1.88 bits per heavy atom. The molecule has 0 unspecified atom stereocenters. The van der Waals surface area contributed by atoms with E-state index in [-0.39, 0.29) is 11.1 Å². The fourth-order valence-electron chi connectivity index (χ4n) is 5.18. The number of rotatable bonds is 5. The predicted octanol–water partition coefficient (Wildman–Crippen LogP) is 1.40. The van der Waals surface area contributed by atoms with E-state index in [0.717, 1.165) is 57.3 Å². The monoisotopic (exact) mass is 329 g/mol. The second-order valence-corrected chi connectivity index (χ2v) is 8.51. The summed E-state index contributed by atoms with van der Waals surface area (Å²) in [6, 6.07) is 0. The molecule has 0 saturated heterocycles. The van der Waals surface area contributed by atoms with Crippen LogP contribution in [0, 0.1) is 5.92 Å². The molecule has 7 heteroatoms. The molecule has 5 N–H and O–H groups in total. The largest absolute Gasteiger partial charge is 0.390 e. The molecule has 128 valence electrons. The van der Waals surface area contributed by atoms with Crippen molar-refractivity contribution >= 4 is 17.7 Å². The lowest BCUT2D eigenvalue weighted by molar-refractivity contribution is 0.00177. The van der Waals surface area contributed by atoms with Gasteiger partial charge in [-0.3, -0.25) is 4.79 Å². The van der Waals surface area contributed by atoms with E-state index in [4.69, 9.17) is 5.73 Å². The maximum atomic E-state index is 11.7. The SMILES string of the molecule is NC(=O)c1cnc(N[C@]23CC[C@](O)(CC2)C3)nc1NC12CC(C1)C2. The fourth-order valence-corrected chi connectivity index (χ4v) is 5.18. The number of anilines is 2. The summed E-state index contributed by atoms with van der Waals surface area (Å²) in [5.41, 5.74) is 5.30. The summed E-state index contributed by atoms with van der Waals surface area (Å²) in [6.07, 6.45) is 9.22. The molecular formula is C17H23N5O2. The third-order valence-corrected chi connectivity index (χ3v) is 6.66. The Morgan fingerprint density at radius 3 is 2.38 bits per heavy atom. The molecule has 4 bridgehead atoms. The lowest BCUT2D eigenvalue weighted by Crippen LogP contribution is -2.63. The minimum Gasteiger partial charge on any atom is -0.390 e. The number of fused-ring (bicyclic) bond motifs is 2. The molecule has 24 heavy (non-hydrogen) atoms. The number of nitrogens with zero attached hydrogens (tertiary/aromatic N) is 2. The fraction of sp³-hybridized carbons (Fsp3) is 0.706. The first-order valence-electron chi connectivity index (χ1n) is 8.84. The standard InChI is InChI=1S/C17H23N5O2/c18-12(23)11-8-19-14(20-13(11)21-16-5-10(6-16)7-16)22-15-1-3-17(24,9-15)4-2-15/h8,10,24H,1-7,9H2,(H2,18,23)(H2,19,20,21,22)/t10?,15-,16?,17+. The second kappa shape index (κ2) is 4.39. The van der Waals surface area contributed by atoms with Gasteiger partial charge in [0.15, 0.2) is 0 Å². The van der Waals surface area contributed by atoms with Crippen molar-refractivity contribution in [1.82, 2.24) is 9.97 Å². The number of carbonyl (C=O) groups excluding carboxylic acids is 1. The molecule has 1 aromatic heterocycles. The van der Waals surface area contributed by atoms with Crippen molar-refractivity contribution in [3.63, 3.8) is 0 Å². The molecule has 5 aliphatic rings. The van der Waals surface area contributed by atoms with Crippen LogP contribution in [0.4, 0.5) is 11.8 Å². The van der Waals surface area contributed by atoms with Crippen LogP contribution in [0.5, 0.6) is 0 Å². The van der Waals surface area contributed by atoms with Gasteiger partial charge in [-0.25, -0.2) is 4.98 Å². The van der Waals surface area contributed by atoms with E-state index in [2.05, 4.69) is 20.6 Å². The van der Waals surface area contributed by atoms with Gasteiger partial charge in [0.2, 0.25) is 5.95 Å². The molecule has 1 aromatic rings. The summed E-state index contributed by atoms with van der Waals surface area (Å²) in [6.45, 7) is 0. The van der Waals surface area contributed by atoms with Gasteiger partial charge >= 0.3 is 0 Å². The van der Waals surface area contributed by atoms with Crippen LogP contribution in [0.2, 0.25) is 0 Å². The number of aromatic nitrogens is 2. The molecule has 6 rings (SSSR count). The normalized spacial score (nSPS) is 41.5. The first-order valence-corrected chi connectivity index (χ1v) is 8.84. The van der Waals surface area contributed by atoms with E-state index >= 15 is 0 Å². The van der Waals surface area contributed by atoms with Crippen LogP contribution in [0.3, 0.4) is 0 Å². The van der Waals surface area contributed by atoms with Crippen LogP contribution < -0.4 is 16.4 Å². The third kappa shape index (κ3) is 2.03. The molecule has 0 spiro atoms. The highest BCUT2D eigenvalue weighted by Gasteiger charge is 2.57. The number of hydrogen-bond acceptors (Lipinski definition) is 6. The summed E-state index contributed by atoms with van der Waals surface area (Å²) in [7, 11) is 0. The zero-order valence-electron chi connectivity index (χ0n) is 13.6. The Balaban J connectivity index is 1.41. The third-order valence-electron chi connectivity index (χ3n) is 6.66. The highest BCUT2D eigenvalue weighted by atomic mass is 16.3. The number of aliphatic hydroxyl groups is 1. The first kappa shape index (κ1) is 14.5. The smallest absolute Gasteiger partial charge is 0.254 e. The molecule has 0 radical (unpaired) electrons. The van der Waals surface area contributed by atoms with E-state index in [1.54, 1.807) is 0 Å². The molecule has 0 atom stereocenters. The molecule has 0 aromatic carbocycles. The average Bonchev–Trinajstić information content (AvgIpc) is 2.94. The number of nitrogens with one attached hydrogen (secondary N) is 2. The van der Waals surface area contributed by atoms with Crippen molar-refractivity contribution in [1.29, 1.82) is 0 Å². The molecule has 5 fully saturated rings. The highest BCUT2D eigenvalue weighted by Crippen LogP contribution is 2.58. The highest BCUT2D eigenvalue weighted by molar-refractivity contribution is 5.97. The van der Waals surface area contributed by atoms with Crippen molar-refractivity contribution < 1.29 is 9.90 Å². The number of hydrogen-bond donors (Lipinski definition) is 4. The maximum absolute atomic E-state index is 11.7. The Bertz CT molecular complexity index is 709. The Labute approximate surface area is 140 Å². The van der Waals surface area contributed by atoms with Gasteiger partial charge in [0.05, 0.1) is 11.2 Å². The lowest BCUT2D eigenvalue weighted by atomic mass is 9.50. The van der Waals surface area contributed by atoms with Crippen LogP contribution in [-0.4, -0.2) is 37.7 Å². The van der Waals surface area contributed by atoms with Gasteiger partial charge in [-0.1, -0.05) is 0 Å². The van der Waals surface area contributed by atoms with Crippen LogP contribution in [0.25, 0.3) is 0 Å². The van der Waals surface area contributed by atoms with E-state index in [1.165, 1.54) is 6.20 Å². The molecular weight excluding hydrogens is 306 g/mol. The summed E-state index contributed by atoms with van der Waals surface area (Å²) in [5.74, 6) is 1.38. The Hall–Kier alpha value is -1.89. The molecule has 0 aliphatic heterocycles. The van der Waals surface area contributed by atoms with Gasteiger partial charge in [0.25, 0.3) is 5.91 Å². The minimum absolute atomic E-state index is 0.111. The van der Waals surface area contributed by atoms with Gasteiger partial charge in [-0.15, -0.1) is 0 Å². The Kier molecular flexibility index (Phi) is 2.64. The summed E-state index contributed by atoms with van der Waals surface area (Å²) >= 11 is 0. The minimum atomic E-state index is -0.521. The molecule has 5 aliphatic carbocycles. The Morgan fingerprint density at radius 1 is 1.17 bits per heavy atom. The van der Waals surface area contributed by atoms with Gasteiger partial charge in [0.1, 0.15) is 5.82 Å². The van der Waals surface area contributed by atoms with E-state index in [9.17, 15) is 9.90 Å². The lowest BCUT2D eigenvalue weighted by Gasteiger charge is -2.62. The van der Waals surface area contributed by atoms with Crippen molar-refractivity contribution in [3.8, 4) is 0 Å². The number of carbonyl (C=O) groups is 1. The quantitative estimate of drug-likeness (QED) is 0.649. The van der Waals surface area contributed by atoms with Gasteiger partial charge in [0, 0.05) is 17.3 Å². The summed E-state index contributed by atoms with van der Waals surface area (Å²) in [4.78, 5) is 20.6. The van der Waals surface area contributed by atoms with E-state index in [1.807, 2.05) is 0 Å². The van der Waals surface area contributed by atoms with E-state index < -0.39 is 11.5 Å². The predicted molar refractivity (Wildman–Crippen MR) is 88.6 cm³/mol. The maximum Gasteiger partial charge on any atom is 0.254 e. The molecule has 1 heterocycles. The van der Waals surface area contributed by atoms with Crippen LogP contribution in [-0.2, 0) is 0 Å². The average molecular weight is 329 g/mol. The topological polar surface area (TPSA) is 113 Å². The zero-order chi connectivity index (χ0) is 16.6. The van der Waals surface area contributed by atoms with Gasteiger partial charge in [-0.2, -0.15) is 4.98 Å². The summed E-state index contributed by atoms with van der Waals surface area (Å²) in [5, 5.41) is 17.3. The van der Waals surface area contributed by atoms with Crippen molar-refractivity contribution in [2.75, 3.05) is 10.6 Å².